The van der Waals surface area contributed by atoms with Crippen molar-refractivity contribution in [2.24, 2.45) is 29.6 Å². The summed E-state index contributed by atoms with van der Waals surface area (Å²) in [6, 6.07) is 0. The summed E-state index contributed by atoms with van der Waals surface area (Å²) in [6.45, 7) is 2.31. The zero-order valence-corrected chi connectivity index (χ0v) is 12.3. The van der Waals surface area contributed by atoms with Crippen LogP contribution >= 0.6 is 0 Å². The molecule has 2 heterocycles. The van der Waals surface area contributed by atoms with Crippen LogP contribution in [0.15, 0.2) is 6.20 Å². The summed E-state index contributed by atoms with van der Waals surface area (Å²) in [5, 5.41) is 8.02. The van der Waals surface area contributed by atoms with E-state index in [9.17, 15) is 4.79 Å². The Morgan fingerprint density at radius 1 is 1.05 bits per heavy atom. The monoisotopic (exact) mass is 286 g/mol. The van der Waals surface area contributed by atoms with Crippen LogP contribution in [0.5, 0.6) is 0 Å². The molecule has 4 aliphatic carbocycles. The third-order valence-corrected chi connectivity index (χ3v) is 6.46. The Labute approximate surface area is 124 Å². The molecule has 1 aromatic heterocycles. The van der Waals surface area contributed by atoms with E-state index in [0.29, 0.717) is 30.2 Å². The fraction of sp³-hybridized carbons (Fsp3) is 0.812. The third kappa shape index (κ3) is 1.79. The molecule has 0 aromatic carbocycles. The number of nitrogens with zero attached hydrogens (tertiary/aromatic N) is 4. The van der Waals surface area contributed by atoms with Crippen LogP contribution in [0.1, 0.15) is 37.8 Å². The number of hydrogen-bond donors (Lipinski definition) is 0. The highest BCUT2D eigenvalue weighted by molar-refractivity contribution is 5.80. The number of rotatable bonds is 1. The lowest BCUT2D eigenvalue weighted by atomic mass is 9.51. The SMILES string of the molecule is O=C(C1C2CC3CC(C2)CC1C3)N1CCn2nncc2C1. The van der Waals surface area contributed by atoms with Crippen molar-refractivity contribution >= 4 is 5.91 Å². The summed E-state index contributed by atoms with van der Waals surface area (Å²) in [5.41, 5.74) is 1.08. The van der Waals surface area contributed by atoms with Crippen LogP contribution in [0.4, 0.5) is 0 Å². The average Bonchev–Trinajstić information content (AvgIpc) is 2.93. The molecule has 0 unspecified atom stereocenters. The highest BCUT2D eigenvalue weighted by atomic mass is 16.2. The Bertz CT molecular complexity index is 553. The van der Waals surface area contributed by atoms with E-state index in [1.165, 1.54) is 32.1 Å². The van der Waals surface area contributed by atoms with Crippen molar-refractivity contribution in [2.75, 3.05) is 6.54 Å². The number of fused-ring (bicyclic) bond motifs is 1. The molecule has 112 valence electrons. The molecule has 5 heteroatoms. The van der Waals surface area contributed by atoms with Gasteiger partial charge in [-0.25, -0.2) is 4.68 Å². The molecule has 4 fully saturated rings. The summed E-state index contributed by atoms with van der Waals surface area (Å²) in [4.78, 5) is 15.2. The molecular weight excluding hydrogens is 264 g/mol. The van der Waals surface area contributed by atoms with Crippen LogP contribution in [-0.2, 0) is 17.9 Å². The lowest BCUT2D eigenvalue weighted by Gasteiger charge is -2.54. The predicted molar refractivity (Wildman–Crippen MR) is 76.0 cm³/mol. The second kappa shape index (κ2) is 4.31. The number of carbonyl (C=O) groups excluding carboxylic acids is 1. The Balaban J connectivity index is 1.37. The summed E-state index contributed by atoms with van der Waals surface area (Å²) in [5.74, 6) is 3.97. The maximum absolute atomic E-state index is 13.1. The molecule has 6 rings (SSSR count). The molecule has 1 aromatic rings. The number of carbonyl (C=O) groups is 1. The van der Waals surface area contributed by atoms with Crippen molar-refractivity contribution in [3.8, 4) is 0 Å². The van der Waals surface area contributed by atoms with E-state index in [0.717, 1.165) is 30.6 Å². The summed E-state index contributed by atoms with van der Waals surface area (Å²) >= 11 is 0. The molecule has 0 radical (unpaired) electrons. The Morgan fingerprint density at radius 2 is 1.76 bits per heavy atom. The fourth-order valence-electron chi connectivity index (χ4n) is 5.81. The van der Waals surface area contributed by atoms with Crippen LogP contribution in [0.3, 0.4) is 0 Å². The molecule has 1 amide bonds. The largest absolute Gasteiger partial charge is 0.335 e. The number of hydrogen-bond acceptors (Lipinski definition) is 3. The van der Waals surface area contributed by atoms with Crippen molar-refractivity contribution in [1.82, 2.24) is 19.9 Å². The van der Waals surface area contributed by atoms with E-state index in [1.54, 1.807) is 6.20 Å². The zero-order valence-electron chi connectivity index (χ0n) is 12.3. The average molecular weight is 286 g/mol. The first kappa shape index (κ1) is 12.2. The van der Waals surface area contributed by atoms with E-state index in [2.05, 4.69) is 15.2 Å². The van der Waals surface area contributed by atoms with Crippen LogP contribution in [-0.4, -0.2) is 32.3 Å². The molecule has 4 bridgehead atoms. The van der Waals surface area contributed by atoms with Gasteiger partial charge in [-0.1, -0.05) is 5.21 Å². The smallest absolute Gasteiger partial charge is 0.226 e. The lowest BCUT2D eigenvalue weighted by molar-refractivity contribution is -0.150. The van der Waals surface area contributed by atoms with Gasteiger partial charge in [-0.3, -0.25) is 4.79 Å². The van der Waals surface area contributed by atoms with Crippen molar-refractivity contribution in [3.63, 3.8) is 0 Å². The standard InChI is InChI=1S/C16H22N4O/c21-16(19-1-2-20-14(9-19)8-17-18-20)15-12-4-10-3-11(6-12)7-13(15)5-10/h8,10-13,15H,1-7,9H2. The maximum Gasteiger partial charge on any atom is 0.226 e. The lowest BCUT2D eigenvalue weighted by Crippen LogP contribution is -2.53. The van der Waals surface area contributed by atoms with E-state index in [4.69, 9.17) is 0 Å². The molecule has 5 aliphatic rings. The Hall–Kier alpha value is -1.39. The second-order valence-electron chi connectivity index (χ2n) is 7.66. The Kier molecular flexibility index (Phi) is 2.50. The minimum absolute atomic E-state index is 0.320. The van der Waals surface area contributed by atoms with Crippen LogP contribution in [0, 0.1) is 29.6 Å². The third-order valence-electron chi connectivity index (χ3n) is 6.46. The van der Waals surface area contributed by atoms with Gasteiger partial charge in [0.25, 0.3) is 0 Å². The van der Waals surface area contributed by atoms with Gasteiger partial charge in [0.1, 0.15) is 0 Å². The van der Waals surface area contributed by atoms with E-state index in [-0.39, 0.29) is 0 Å². The van der Waals surface area contributed by atoms with Gasteiger partial charge in [0, 0.05) is 12.5 Å². The van der Waals surface area contributed by atoms with Crippen molar-refractivity contribution in [3.05, 3.63) is 11.9 Å². The Morgan fingerprint density at radius 3 is 2.48 bits per heavy atom. The quantitative estimate of drug-likeness (QED) is 0.789. The van der Waals surface area contributed by atoms with E-state index in [1.807, 2.05) is 4.68 Å². The molecular formula is C16H22N4O. The van der Waals surface area contributed by atoms with Crippen molar-refractivity contribution in [2.45, 2.75) is 45.2 Å². The summed E-state index contributed by atoms with van der Waals surface area (Å²) in [7, 11) is 0. The van der Waals surface area contributed by atoms with Gasteiger partial charge in [0.15, 0.2) is 0 Å². The molecule has 0 N–H and O–H groups in total. The molecule has 5 nitrogen and oxygen atoms in total. The first-order chi connectivity index (χ1) is 10.3. The first-order valence-corrected chi connectivity index (χ1v) is 8.44. The molecule has 0 saturated heterocycles. The van der Waals surface area contributed by atoms with Crippen molar-refractivity contribution < 1.29 is 4.79 Å². The van der Waals surface area contributed by atoms with Gasteiger partial charge in [0.2, 0.25) is 5.91 Å². The van der Waals surface area contributed by atoms with Gasteiger partial charge in [-0.05, 0) is 55.8 Å². The fourth-order valence-corrected chi connectivity index (χ4v) is 5.81. The minimum Gasteiger partial charge on any atom is -0.335 e. The van der Waals surface area contributed by atoms with Crippen LogP contribution in [0.2, 0.25) is 0 Å². The highest BCUT2D eigenvalue weighted by Crippen LogP contribution is 2.56. The van der Waals surface area contributed by atoms with Crippen molar-refractivity contribution in [1.29, 1.82) is 0 Å². The summed E-state index contributed by atoms with van der Waals surface area (Å²) < 4.78 is 1.93. The van der Waals surface area contributed by atoms with Gasteiger partial charge in [-0.15, -0.1) is 5.10 Å². The van der Waals surface area contributed by atoms with Crippen LogP contribution in [0.25, 0.3) is 0 Å². The first-order valence-electron chi connectivity index (χ1n) is 8.44. The zero-order chi connectivity index (χ0) is 14.0. The van der Waals surface area contributed by atoms with Gasteiger partial charge in [0.05, 0.1) is 25.0 Å². The van der Waals surface area contributed by atoms with Crippen LogP contribution < -0.4 is 0 Å². The highest BCUT2D eigenvalue weighted by Gasteiger charge is 2.51. The predicted octanol–water partition coefficient (Wildman–Crippen LogP) is 1.69. The number of aromatic nitrogens is 3. The molecule has 0 atom stereocenters. The van der Waals surface area contributed by atoms with Gasteiger partial charge < -0.3 is 4.90 Å². The normalized spacial score (nSPS) is 40.4. The van der Waals surface area contributed by atoms with E-state index >= 15 is 0 Å². The summed E-state index contributed by atoms with van der Waals surface area (Å²) in [6.07, 6.45) is 8.51. The van der Waals surface area contributed by atoms with Gasteiger partial charge in [-0.2, -0.15) is 0 Å². The van der Waals surface area contributed by atoms with Gasteiger partial charge >= 0.3 is 0 Å². The minimum atomic E-state index is 0.320. The topological polar surface area (TPSA) is 51.0 Å². The molecule has 0 spiro atoms. The number of amides is 1. The molecule has 1 aliphatic heterocycles. The second-order valence-corrected chi connectivity index (χ2v) is 7.66. The molecule has 4 saturated carbocycles. The maximum atomic E-state index is 13.1. The molecule has 21 heavy (non-hydrogen) atoms. The van der Waals surface area contributed by atoms with E-state index < -0.39 is 0 Å².